The van der Waals surface area contributed by atoms with Crippen molar-refractivity contribution in [3.63, 3.8) is 0 Å². The van der Waals surface area contributed by atoms with E-state index in [9.17, 15) is 9.90 Å². The fraction of sp³-hybridized carbons (Fsp3) is 0.263. The van der Waals surface area contributed by atoms with E-state index in [0.717, 1.165) is 35.6 Å². The van der Waals surface area contributed by atoms with Gasteiger partial charge in [0.2, 0.25) is 0 Å². The van der Waals surface area contributed by atoms with Crippen molar-refractivity contribution in [3.05, 3.63) is 48.2 Å². The van der Waals surface area contributed by atoms with E-state index in [1.165, 1.54) is 4.57 Å². The van der Waals surface area contributed by atoms with Gasteiger partial charge in [-0.05, 0) is 17.2 Å². The summed E-state index contributed by atoms with van der Waals surface area (Å²) in [5.41, 5.74) is 7.10. The van der Waals surface area contributed by atoms with Crippen LogP contribution < -0.4 is 5.73 Å². The van der Waals surface area contributed by atoms with E-state index in [0.29, 0.717) is 12.2 Å². The highest BCUT2D eigenvalue weighted by Gasteiger charge is 2.23. The minimum absolute atomic E-state index is 0.164. The number of hydrogen-bond acceptors (Lipinski definition) is 3. The highest BCUT2D eigenvalue weighted by molar-refractivity contribution is 6.03. The third-order valence-corrected chi connectivity index (χ3v) is 4.21. The molecule has 3 aromatic rings. The molecule has 0 aliphatic carbocycles. The van der Waals surface area contributed by atoms with Crippen molar-refractivity contribution in [1.82, 2.24) is 9.55 Å². The molecule has 5 nitrogen and oxygen atoms in total. The minimum atomic E-state index is -0.581. The fourth-order valence-electron chi connectivity index (χ4n) is 3.04. The SMILES string of the molecule is CCCCCn1c(O)nc(-c2cccc3ccccc23)c1C(N)=O. The molecule has 5 heteroatoms. The lowest BCUT2D eigenvalue weighted by atomic mass is 10.0. The Bertz CT molecular complexity index is 878. The predicted molar refractivity (Wildman–Crippen MR) is 94.9 cm³/mol. The van der Waals surface area contributed by atoms with Gasteiger partial charge in [0.05, 0.1) is 0 Å². The molecule has 0 radical (unpaired) electrons. The number of fused-ring (bicyclic) bond motifs is 1. The van der Waals surface area contributed by atoms with Gasteiger partial charge in [-0.25, -0.2) is 0 Å². The molecule has 1 amide bonds. The van der Waals surface area contributed by atoms with E-state index in [4.69, 9.17) is 5.73 Å². The summed E-state index contributed by atoms with van der Waals surface area (Å²) >= 11 is 0. The summed E-state index contributed by atoms with van der Waals surface area (Å²) in [5.74, 6) is -0.581. The quantitative estimate of drug-likeness (QED) is 0.679. The number of carbonyl (C=O) groups excluding carboxylic acids is 1. The average Bonchev–Trinajstić information content (AvgIpc) is 2.91. The Labute approximate surface area is 140 Å². The first-order valence-electron chi connectivity index (χ1n) is 8.21. The molecule has 24 heavy (non-hydrogen) atoms. The molecule has 1 heterocycles. The Kier molecular flexibility index (Phi) is 4.51. The molecule has 0 atom stereocenters. The summed E-state index contributed by atoms with van der Waals surface area (Å²) in [6.07, 6.45) is 2.92. The highest BCUT2D eigenvalue weighted by Crippen LogP contribution is 2.32. The van der Waals surface area contributed by atoms with Crippen molar-refractivity contribution in [2.24, 2.45) is 5.73 Å². The van der Waals surface area contributed by atoms with Crippen LogP contribution >= 0.6 is 0 Å². The van der Waals surface area contributed by atoms with Crippen molar-refractivity contribution in [2.75, 3.05) is 0 Å². The molecule has 3 N–H and O–H groups in total. The smallest absolute Gasteiger partial charge is 0.294 e. The van der Waals surface area contributed by atoms with Crippen LogP contribution in [0.3, 0.4) is 0 Å². The van der Waals surface area contributed by atoms with Gasteiger partial charge in [-0.2, -0.15) is 4.98 Å². The summed E-state index contributed by atoms with van der Waals surface area (Å²) in [5, 5.41) is 12.3. The minimum Gasteiger partial charge on any atom is -0.480 e. The third kappa shape index (κ3) is 2.85. The first-order chi connectivity index (χ1) is 11.6. The van der Waals surface area contributed by atoms with Crippen LogP contribution in [0.1, 0.15) is 36.7 Å². The number of aromatic hydroxyl groups is 1. The Morgan fingerprint density at radius 1 is 1.17 bits per heavy atom. The van der Waals surface area contributed by atoms with Crippen molar-refractivity contribution in [3.8, 4) is 17.3 Å². The zero-order valence-corrected chi connectivity index (χ0v) is 13.7. The van der Waals surface area contributed by atoms with E-state index in [1.807, 2.05) is 42.5 Å². The maximum Gasteiger partial charge on any atom is 0.294 e. The second-order valence-corrected chi connectivity index (χ2v) is 5.86. The molecule has 124 valence electrons. The molecule has 0 saturated heterocycles. The molecule has 3 rings (SSSR count). The van der Waals surface area contributed by atoms with E-state index in [1.54, 1.807) is 0 Å². The van der Waals surface area contributed by atoms with Crippen LogP contribution in [0.2, 0.25) is 0 Å². The molecular formula is C19H21N3O2. The second-order valence-electron chi connectivity index (χ2n) is 5.86. The Balaban J connectivity index is 2.17. The second kappa shape index (κ2) is 6.74. The van der Waals surface area contributed by atoms with Crippen LogP contribution in [0.4, 0.5) is 0 Å². The van der Waals surface area contributed by atoms with Gasteiger partial charge < -0.3 is 10.8 Å². The highest BCUT2D eigenvalue weighted by atomic mass is 16.3. The molecule has 0 aliphatic heterocycles. The molecule has 0 spiro atoms. The van der Waals surface area contributed by atoms with Crippen LogP contribution in [0.15, 0.2) is 42.5 Å². The summed E-state index contributed by atoms with van der Waals surface area (Å²) in [6, 6.07) is 13.5. The maximum atomic E-state index is 12.0. The number of hydrogen-bond donors (Lipinski definition) is 2. The first-order valence-corrected chi connectivity index (χ1v) is 8.21. The molecule has 0 bridgehead atoms. The number of nitrogens with two attached hydrogens (primary N) is 1. The first kappa shape index (κ1) is 16.1. The molecule has 0 fully saturated rings. The Morgan fingerprint density at radius 3 is 2.67 bits per heavy atom. The van der Waals surface area contributed by atoms with Crippen molar-refractivity contribution in [2.45, 2.75) is 32.7 Å². The molecule has 0 saturated carbocycles. The molecule has 2 aromatic carbocycles. The van der Waals surface area contributed by atoms with E-state index in [2.05, 4.69) is 11.9 Å². The van der Waals surface area contributed by atoms with E-state index >= 15 is 0 Å². The van der Waals surface area contributed by atoms with Gasteiger partial charge >= 0.3 is 0 Å². The van der Waals surface area contributed by atoms with Gasteiger partial charge in [-0.3, -0.25) is 9.36 Å². The number of imidazole rings is 1. The number of nitrogens with zero attached hydrogens (tertiary/aromatic N) is 2. The molecule has 1 aromatic heterocycles. The van der Waals surface area contributed by atoms with Gasteiger partial charge in [0.25, 0.3) is 11.9 Å². The normalized spacial score (nSPS) is 11.0. The van der Waals surface area contributed by atoms with Crippen LogP contribution in [0.5, 0.6) is 6.01 Å². The van der Waals surface area contributed by atoms with Crippen LogP contribution in [0.25, 0.3) is 22.0 Å². The number of amides is 1. The summed E-state index contributed by atoms with van der Waals surface area (Å²) in [6.45, 7) is 2.63. The van der Waals surface area contributed by atoms with Crippen LogP contribution in [-0.4, -0.2) is 20.6 Å². The number of rotatable bonds is 6. The molecular weight excluding hydrogens is 302 g/mol. The van der Waals surface area contributed by atoms with E-state index < -0.39 is 5.91 Å². The average molecular weight is 323 g/mol. The van der Waals surface area contributed by atoms with Gasteiger partial charge in [-0.1, -0.05) is 62.2 Å². The monoisotopic (exact) mass is 323 g/mol. The third-order valence-electron chi connectivity index (χ3n) is 4.21. The lowest BCUT2D eigenvalue weighted by molar-refractivity contribution is 0.0990. The largest absolute Gasteiger partial charge is 0.480 e. The van der Waals surface area contributed by atoms with Gasteiger partial charge in [-0.15, -0.1) is 0 Å². The van der Waals surface area contributed by atoms with Crippen LogP contribution in [-0.2, 0) is 6.54 Å². The van der Waals surface area contributed by atoms with Gasteiger partial charge in [0.1, 0.15) is 11.4 Å². The Hall–Kier alpha value is -2.82. The number of primary amides is 1. The zero-order chi connectivity index (χ0) is 17.1. The lowest BCUT2D eigenvalue weighted by Gasteiger charge is -2.09. The van der Waals surface area contributed by atoms with Crippen molar-refractivity contribution in [1.29, 1.82) is 0 Å². The fourth-order valence-corrected chi connectivity index (χ4v) is 3.04. The van der Waals surface area contributed by atoms with Crippen molar-refractivity contribution < 1.29 is 9.90 Å². The van der Waals surface area contributed by atoms with Crippen LogP contribution in [0, 0.1) is 0 Å². The molecule has 0 unspecified atom stereocenters. The number of aromatic nitrogens is 2. The van der Waals surface area contributed by atoms with Crippen molar-refractivity contribution >= 4 is 16.7 Å². The lowest BCUT2D eigenvalue weighted by Crippen LogP contribution is -2.18. The van der Waals surface area contributed by atoms with Gasteiger partial charge in [0.15, 0.2) is 0 Å². The number of unbranched alkanes of at least 4 members (excludes halogenated alkanes) is 2. The standard InChI is InChI=1S/C19H21N3O2/c1-2-3-6-12-22-17(18(20)23)16(21-19(22)24)15-11-7-9-13-8-4-5-10-14(13)15/h4-5,7-11H,2-3,6,12H2,1H3,(H2,20,23)(H,21,24). The predicted octanol–water partition coefficient (Wildman–Crippen LogP) is 3.70. The number of carbonyl (C=O) groups is 1. The zero-order valence-electron chi connectivity index (χ0n) is 13.7. The summed E-state index contributed by atoms with van der Waals surface area (Å²) in [4.78, 5) is 16.3. The summed E-state index contributed by atoms with van der Waals surface area (Å²) < 4.78 is 1.52. The van der Waals surface area contributed by atoms with Gasteiger partial charge in [0, 0.05) is 12.1 Å². The van der Waals surface area contributed by atoms with E-state index in [-0.39, 0.29) is 11.7 Å². The number of benzene rings is 2. The maximum absolute atomic E-state index is 12.0. The molecule has 0 aliphatic rings. The summed E-state index contributed by atoms with van der Waals surface area (Å²) in [7, 11) is 0. The Morgan fingerprint density at radius 2 is 1.92 bits per heavy atom. The topological polar surface area (TPSA) is 81.1 Å².